The Kier molecular flexibility index (Phi) is 3.19. The van der Waals surface area contributed by atoms with E-state index in [0.29, 0.717) is 5.50 Å². The average Bonchev–Trinajstić information content (AvgIpc) is 3.01. The first-order valence-corrected chi connectivity index (χ1v) is 7.41. The summed E-state index contributed by atoms with van der Waals surface area (Å²) in [7, 11) is 0. The van der Waals surface area contributed by atoms with E-state index < -0.39 is 0 Å². The summed E-state index contributed by atoms with van der Waals surface area (Å²) in [6.45, 7) is 4.48. The molecule has 2 aliphatic heterocycles. The van der Waals surface area contributed by atoms with Gasteiger partial charge >= 0.3 is 0 Å². The van der Waals surface area contributed by atoms with Crippen LogP contribution in [-0.4, -0.2) is 36.6 Å². The minimum absolute atomic E-state index is 0.428. The van der Waals surface area contributed by atoms with Crippen molar-refractivity contribution in [3.05, 3.63) is 27.8 Å². The van der Waals surface area contributed by atoms with E-state index in [2.05, 4.69) is 37.8 Å². The molecule has 0 spiro atoms. The summed E-state index contributed by atoms with van der Waals surface area (Å²) < 4.78 is 0. The Morgan fingerprint density at radius 3 is 2.94 bits per heavy atom. The van der Waals surface area contributed by atoms with Gasteiger partial charge in [-0.05, 0) is 16.9 Å². The van der Waals surface area contributed by atoms with Crippen LogP contribution < -0.4 is 10.6 Å². The second-order valence-corrected chi connectivity index (χ2v) is 5.70. The van der Waals surface area contributed by atoms with Gasteiger partial charge in [0.2, 0.25) is 0 Å². The van der Waals surface area contributed by atoms with E-state index in [1.54, 1.807) is 11.3 Å². The van der Waals surface area contributed by atoms with Crippen molar-refractivity contribution in [2.24, 2.45) is 0 Å². The van der Waals surface area contributed by atoms with E-state index in [4.69, 9.17) is 0 Å². The lowest BCUT2D eigenvalue weighted by Gasteiger charge is -2.32. The van der Waals surface area contributed by atoms with Gasteiger partial charge in [0, 0.05) is 37.1 Å². The van der Waals surface area contributed by atoms with Crippen molar-refractivity contribution in [1.82, 2.24) is 15.5 Å². The molecule has 3 rings (SSSR count). The van der Waals surface area contributed by atoms with Crippen molar-refractivity contribution in [3.8, 4) is 0 Å². The number of thiophene rings is 1. The average molecular weight is 253 g/mol. The molecular weight excluding hydrogens is 238 g/mol. The molecule has 0 saturated carbocycles. The fourth-order valence-electron chi connectivity index (χ4n) is 2.00. The topological polar surface area (TPSA) is 27.3 Å². The molecular formula is C11H15N3S2. The van der Waals surface area contributed by atoms with E-state index in [0.717, 1.165) is 26.2 Å². The molecule has 1 aromatic heterocycles. The molecule has 1 unspecified atom stereocenters. The molecule has 0 bridgehead atoms. The van der Waals surface area contributed by atoms with Crippen molar-refractivity contribution >= 4 is 28.8 Å². The molecule has 3 heterocycles. The normalized spacial score (nSPS) is 26.5. The van der Waals surface area contributed by atoms with Crippen LogP contribution in [0.15, 0.2) is 22.2 Å². The van der Waals surface area contributed by atoms with Crippen molar-refractivity contribution in [3.63, 3.8) is 0 Å². The predicted molar refractivity (Wildman–Crippen MR) is 71.3 cm³/mol. The maximum atomic E-state index is 3.59. The Labute approximate surface area is 104 Å². The standard InChI is InChI=1S/C11H15N3S2/c1-6-15-7-9(1)10-8-16-11(13-10)14-4-2-12-3-5-14/h1,6-8,11-13H,2-5H2. The Hall–Kier alpha value is -0.490. The van der Waals surface area contributed by atoms with Gasteiger partial charge in [0.15, 0.2) is 0 Å². The number of thioether (sulfide) groups is 1. The highest BCUT2D eigenvalue weighted by molar-refractivity contribution is 8.03. The fourth-order valence-corrected chi connectivity index (χ4v) is 3.70. The van der Waals surface area contributed by atoms with Crippen LogP contribution in [-0.2, 0) is 0 Å². The Morgan fingerprint density at radius 1 is 1.31 bits per heavy atom. The van der Waals surface area contributed by atoms with Crippen molar-refractivity contribution in [2.75, 3.05) is 26.2 Å². The van der Waals surface area contributed by atoms with E-state index in [1.807, 2.05) is 11.8 Å². The van der Waals surface area contributed by atoms with E-state index in [1.165, 1.54) is 11.3 Å². The van der Waals surface area contributed by atoms with Crippen molar-refractivity contribution in [2.45, 2.75) is 5.50 Å². The molecule has 1 aromatic rings. The van der Waals surface area contributed by atoms with Crippen molar-refractivity contribution < 1.29 is 0 Å². The van der Waals surface area contributed by atoms with Gasteiger partial charge in [-0.15, -0.1) is 0 Å². The second kappa shape index (κ2) is 4.79. The number of hydrogen-bond acceptors (Lipinski definition) is 5. The summed E-state index contributed by atoms with van der Waals surface area (Å²) in [5.41, 5.74) is 3.02. The third kappa shape index (κ3) is 2.13. The second-order valence-electron chi connectivity index (χ2n) is 3.96. The lowest BCUT2D eigenvalue weighted by Crippen LogP contribution is -2.50. The number of rotatable bonds is 2. The Bertz CT molecular complexity index is 369. The van der Waals surface area contributed by atoms with Crippen LogP contribution in [0.4, 0.5) is 0 Å². The Morgan fingerprint density at radius 2 is 2.19 bits per heavy atom. The summed E-state index contributed by atoms with van der Waals surface area (Å²) in [5.74, 6) is 0. The van der Waals surface area contributed by atoms with Crippen LogP contribution in [0.2, 0.25) is 0 Å². The number of piperazine rings is 1. The monoisotopic (exact) mass is 253 g/mol. The molecule has 0 radical (unpaired) electrons. The van der Waals surface area contributed by atoms with Gasteiger partial charge in [0.25, 0.3) is 0 Å². The lowest BCUT2D eigenvalue weighted by atomic mass is 10.3. The summed E-state index contributed by atoms with van der Waals surface area (Å²) in [6.07, 6.45) is 0. The molecule has 2 aliphatic rings. The molecule has 2 N–H and O–H groups in total. The maximum absolute atomic E-state index is 3.59. The number of nitrogens with zero attached hydrogens (tertiary/aromatic N) is 1. The molecule has 5 heteroatoms. The zero-order valence-electron chi connectivity index (χ0n) is 8.98. The molecule has 1 atom stereocenters. The molecule has 86 valence electrons. The minimum Gasteiger partial charge on any atom is -0.360 e. The van der Waals surface area contributed by atoms with Gasteiger partial charge in [-0.1, -0.05) is 11.8 Å². The molecule has 16 heavy (non-hydrogen) atoms. The summed E-state index contributed by atoms with van der Waals surface area (Å²) >= 11 is 3.63. The molecule has 0 aromatic carbocycles. The molecule has 1 fully saturated rings. The van der Waals surface area contributed by atoms with Crippen LogP contribution in [0.1, 0.15) is 5.56 Å². The predicted octanol–water partition coefficient (Wildman–Crippen LogP) is 1.57. The van der Waals surface area contributed by atoms with Crippen LogP contribution in [0.5, 0.6) is 0 Å². The fraction of sp³-hybridized carbons (Fsp3) is 0.455. The summed E-state index contributed by atoms with van der Waals surface area (Å²) in [5, 5.41) is 13.5. The zero-order chi connectivity index (χ0) is 10.8. The van der Waals surface area contributed by atoms with Gasteiger partial charge in [0.1, 0.15) is 5.50 Å². The van der Waals surface area contributed by atoms with Crippen LogP contribution in [0.3, 0.4) is 0 Å². The van der Waals surface area contributed by atoms with E-state index in [9.17, 15) is 0 Å². The minimum atomic E-state index is 0.428. The van der Waals surface area contributed by atoms with Gasteiger partial charge in [-0.3, -0.25) is 4.90 Å². The van der Waals surface area contributed by atoms with Gasteiger partial charge in [0.05, 0.1) is 5.70 Å². The molecule has 3 nitrogen and oxygen atoms in total. The number of nitrogens with one attached hydrogen (secondary N) is 2. The smallest absolute Gasteiger partial charge is 0.132 e. The molecule has 0 amide bonds. The first-order chi connectivity index (χ1) is 7.93. The first-order valence-electron chi connectivity index (χ1n) is 5.53. The number of hydrogen-bond donors (Lipinski definition) is 2. The highest BCUT2D eigenvalue weighted by atomic mass is 32.2. The van der Waals surface area contributed by atoms with Gasteiger partial charge in [-0.25, -0.2) is 0 Å². The summed E-state index contributed by atoms with van der Waals surface area (Å²) in [4.78, 5) is 2.50. The first kappa shape index (κ1) is 10.7. The Balaban J connectivity index is 1.63. The van der Waals surface area contributed by atoms with Gasteiger partial charge in [-0.2, -0.15) is 11.3 Å². The molecule has 0 aliphatic carbocycles. The summed E-state index contributed by atoms with van der Waals surface area (Å²) in [6, 6.07) is 2.17. The van der Waals surface area contributed by atoms with E-state index in [-0.39, 0.29) is 0 Å². The highest BCUT2D eigenvalue weighted by Gasteiger charge is 2.25. The van der Waals surface area contributed by atoms with Crippen molar-refractivity contribution in [1.29, 1.82) is 0 Å². The van der Waals surface area contributed by atoms with Gasteiger partial charge < -0.3 is 10.6 Å². The van der Waals surface area contributed by atoms with Crippen LogP contribution in [0, 0.1) is 0 Å². The SMILES string of the molecule is C1=C(c2ccsc2)NC(N2CCNCC2)S1. The maximum Gasteiger partial charge on any atom is 0.132 e. The van der Waals surface area contributed by atoms with Crippen LogP contribution >= 0.6 is 23.1 Å². The molecule has 1 saturated heterocycles. The highest BCUT2D eigenvalue weighted by Crippen LogP contribution is 2.30. The largest absolute Gasteiger partial charge is 0.360 e. The zero-order valence-corrected chi connectivity index (χ0v) is 10.6. The van der Waals surface area contributed by atoms with Crippen LogP contribution in [0.25, 0.3) is 5.70 Å². The van der Waals surface area contributed by atoms with E-state index >= 15 is 0 Å². The third-order valence-corrected chi connectivity index (χ3v) is 4.64. The third-order valence-electron chi connectivity index (χ3n) is 2.91. The lowest BCUT2D eigenvalue weighted by molar-refractivity contribution is 0.216. The quantitative estimate of drug-likeness (QED) is 0.837.